The lowest BCUT2D eigenvalue weighted by Crippen LogP contribution is -2.25. The number of hydrogen-bond acceptors (Lipinski definition) is 4. The molecular formula is C28H31FN2O2. The molecule has 3 aromatic rings. The van der Waals surface area contributed by atoms with Gasteiger partial charge in [0.25, 0.3) is 0 Å². The second-order valence-electron chi connectivity index (χ2n) is 8.47. The summed E-state index contributed by atoms with van der Waals surface area (Å²) >= 11 is 0. The summed E-state index contributed by atoms with van der Waals surface area (Å²) < 4.78 is 19.4. The molecule has 3 aromatic carbocycles. The van der Waals surface area contributed by atoms with E-state index >= 15 is 0 Å². The molecule has 4 nitrogen and oxygen atoms in total. The number of para-hydroxylation sites is 1. The molecule has 0 atom stereocenters. The molecule has 1 N–H and O–H groups in total. The van der Waals surface area contributed by atoms with E-state index < -0.39 is 0 Å². The van der Waals surface area contributed by atoms with Gasteiger partial charge in [-0.05, 0) is 79.6 Å². The van der Waals surface area contributed by atoms with Gasteiger partial charge in [-0.3, -0.25) is 4.79 Å². The van der Waals surface area contributed by atoms with Gasteiger partial charge >= 0.3 is 5.97 Å². The standard InChI is InChI=1S/C28H31FN2O2/c1-3-33-28(32)15-13-22-12-14-24(18-25(22)29)30-19-21-10-11-23-8-6-16-31(27(23)17-21)26-9-5-4-7-20(26)2/h4-5,7,9-12,14,17-18,30H,3,6,8,13,15-16,19H2,1-2H3. The number of ether oxygens (including phenoxy) is 1. The van der Waals surface area contributed by atoms with E-state index in [-0.39, 0.29) is 18.2 Å². The summed E-state index contributed by atoms with van der Waals surface area (Å²) in [6, 6.07) is 20.2. The number of anilines is 3. The third-order valence-electron chi connectivity index (χ3n) is 6.13. The maximum atomic E-state index is 14.5. The van der Waals surface area contributed by atoms with E-state index in [0.29, 0.717) is 25.1 Å². The van der Waals surface area contributed by atoms with Crippen molar-refractivity contribution in [3.8, 4) is 0 Å². The summed E-state index contributed by atoms with van der Waals surface area (Å²) in [5.74, 6) is -0.605. The lowest BCUT2D eigenvalue weighted by molar-refractivity contribution is -0.143. The second-order valence-corrected chi connectivity index (χ2v) is 8.47. The first kappa shape index (κ1) is 22.8. The van der Waals surface area contributed by atoms with E-state index in [0.717, 1.165) is 30.6 Å². The van der Waals surface area contributed by atoms with Gasteiger partial charge < -0.3 is 15.0 Å². The molecule has 5 heteroatoms. The van der Waals surface area contributed by atoms with Crippen LogP contribution in [0.2, 0.25) is 0 Å². The third-order valence-corrected chi connectivity index (χ3v) is 6.13. The number of rotatable bonds is 8. The second kappa shape index (κ2) is 10.5. The number of carbonyl (C=O) groups excluding carboxylic acids is 1. The largest absolute Gasteiger partial charge is 0.466 e. The van der Waals surface area contributed by atoms with Crippen molar-refractivity contribution in [2.45, 2.75) is 46.1 Å². The molecule has 0 radical (unpaired) electrons. The molecule has 33 heavy (non-hydrogen) atoms. The third kappa shape index (κ3) is 5.54. The van der Waals surface area contributed by atoms with Crippen LogP contribution < -0.4 is 10.2 Å². The lowest BCUT2D eigenvalue weighted by Gasteiger charge is -2.33. The maximum Gasteiger partial charge on any atom is 0.306 e. The topological polar surface area (TPSA) is 41.6 Å². The van der Waals surface area contributed by atoms with E-state index in [1.165, 1.54) is 28.6 Å². The quantitative estimate of drug-likeness (QED) is 0.411. The first-order chi connectivity index (χ1) is 16.0. The molecule has 0 saturated heterocycles. The number of fused-ring (bicyclic) bond motifs is 1. The number of benzene rings is 3. The Labute approximate surface area is 195 Å². The highest BCUT2D eigenvalue weighted by Crippen LogP contribution is 2.35. The number of aryl methyl sites for hydroxylation is 3. The Morgan fingerprint density at radius 1 is 1.09 bits per heavy atom. The minimum absolute atomic E-state index is 0.185. The van der Waals surface area contributed by atoms with Crippen LogP contribution in [0.25, 0.3) is 0 Å². The Kier molecular flexibility index (Phi) is 7.28. The van der Waals surface area contributed by atoms with Crippen LogP contribution in [-0.2, 0) is 28.9 Å². The van der Waals surface area contributed by atoms with Crippen LogP contribution in [-0.4, -0.2) is 19.1 Å². The lowest BCUT2D eigenvalue weighted by atomic mass is 9.98. The number of hydrogen-bond donors (Lipinski definition) is 1. The van der Waals surface area contributed by atoms with Crippen LogP contribution in [0, 0.1) is 12.7 Å². The van der Waals surface area contributed by atoms with Gasteiger partial charge in [-0.1, -0.05) is 36.4 Å². The summed E-state index contributed by atoms with van der Waals surface area (Å²) in [7, 11) is 0. The van der Waals surface area contributed by atoms with E-state index in [1.807, 2.05) is 6.07 Å². The minimum Gasteiger partial charge on any atom is -0.466 e. The molecule has 1 aliphatic heterocycles. The van der Waals surface area contributed by atoms with Crippen LogP contribution in [0.3, 0.4) is 0 Å². The molecule has 0 unspecified atom stereocenters. The summed E-state index contributed by atoms with van der Waals surface area (Å²) in [4.78, 5) is 13.9. The molecular weight excluding hydrogens is 415 g/mol. The van der Waals surface area contributed by atoms with Crippen LogP contribution >= 0.6 is 0 Å². The van der Waals surface area contributed by atoms with Crippen LogP contribution in [0.4, 0.5) is 21.5 Å². The van der Waals surface area contributed by atoms with E-state index in [4.69, 9.17) is 4.74 Å². The summed E-state index contributed by atoms with van der Waals surface area (Å²) in [5, 5.41) is 3.34. The van der Waals surface area contributed by atoms with E-state index in [2.05, 4.69) is 59.6 Å². The monoisotopic (exact) mass is 446 g/mol. The van der Waals surface area contributed by atoms with Crippen LogP contribution in [0.5, 0.6) is 0 Å². The fourth-order valence-electron chi connectivity index (χ4n) is 4.38. The van der Waals surface area contributed by atoms with E-state index in [9.17, 15) is 9.18 Å². The van der Waals surface area contributed by atoms with Crippen molar-refractivity contribution in [3.05, 3.63) is 88.7 Å². The Morgan fingerprint density at radius 3 is 2.73 bits per heavy atom. The number of halogens is 1. The molecule has 0 aromatic heterocycles. The van der Waals surface area contributed by atoms with Crippen molar-refractivity contribution in [2.24, 2.45) is 0 Å². The summed E-state index contributed by atoms with van der Waals surface area (Å²) in [5.41, 5.74) is 7.55. The fraction of sp³-hybridized carbons (Fsp3) is 0.321. The predicted molar refractivity (Wildman–Crippen MR) is 132 cm³/mol. The SMILES string of the molecule is CCOC(=O)CCc1ccc(NCc2ccc3c(c2)N(c2ccccc2C)CCC3)cc1F. The van der Waals surface area contributed by atoms with E-state index in [1.54, 1.807) is 13.0 Å². The molecule has 0 amide bonds. The van der Waals surface area contributed by atoms with Gasteiger partial charge in [0, 0.05) is 36.6 Å². The van der Waals surface area contributed by atoms with Gasteiger partial charge in [0.1, 0.15) is 5.82 Å². The van der Waals surface area contributed by atoms with Crippen molar-refractivity contribution in [1.29, 1.82) is 0 Å². The highest BCUT2D eigenvalue weighted by Gasteiger charge is 2.19. The summed E-state index contributed by atoms with van der Waals surface area (Å²) in [6.45, 7) is 5.88. The average Bonchev–Trinajstić information content (AvgIpc) is 2.82. The molecule has 0 aliphatic carbocycles. The van der Waals surface area contributed by atoms with Crippen LogP contribution in [0.1, 0.15) is 42.0 Å². The molecule has 1 heterocycles. The smallest absolute Gasteiger partial charge is 0.306 e. The minimum atomic E-state index is -0.305. The number of nitrogens with zero attached hydrogens (tertiary/aromatic N) is 1. The molecule has 0 bridgehead atoms. The zero-order valence-electron chi connectivity index (χ0n) is 19.4. The molecule has 0 fully saturated rings. The van der Waals surface area contributed by atoms with Crippen molar-refractivity contribution >= 4 is 23.0 Å². The van der Waals surface area contributed by atoms with Gasteiger partial charge in [0.2, 0.25) is 0 Å². The van der Waals surface area contributed by atoms with Crippen molar-refractivity contribution in [1.82, 2.24) is 0 Å². The zero-order chi connectivity index (χ0) is 23.2. The molecule has 172 valence electrons. The molecule has 0 spiro atoms. The van der Waals surface area contributed by atoms with Gasteiger partial charge in [-0.25, -0.2) is 4.39 Å². The molecule has 0 saturated carbocycles. The molecule has 4 rings (SSSR count). The first-order valence-electron chi connectivity index (χ1n) is 11.7. The van der Waals surface area contributed by atoms with Crippen molar-refractivity contribution < 1.29 is 13.9 Å². The Bertz CT molecular complexity index is 1130. The van der Waals surface area contributed by atoms with Crippen molar-refractivity contribution in [3.63, 3.8) is 0 Å². The zero-order valence-corrected chi connectivity index (χ0v) is 19.4. The Hall–Kier alpha value is -3.34. The predicted octanol–water partition coefficient (Wildman–Crippen LogP) is 6.33. The fourth-order valence-corrected chi connectivity index (χ4v) is 4.38. The highest BCUT2D eigenvalue weighted by molar-refractivity contribution is 5.71. The average molecular weight is 447 g/mol. The number of nitrogens with one attached hydrogen (secondary N) is 1. The van der Waals surface area contributed by atoms with Gasteiger partial charge in [0.15, 0.2) is 0 Å². The number of carbonyl (C=O) groups is 1. The normalized spacial score (nSPS) is 12.9. The van der Waals surface area contributed by atoms with Gasteiger partial charge in [-0.2, -0.15) is 0 Å². The first-order valence-corrected chi connectivity index (χ1v) is 11.7. The highest BCUT2D eigenvalue weighted by atomic mass is 19.1. The van der Waals surface area contributed by atoms with Gasteiger partial charge in [0.05, 0.1) is 6.61 Å². The Morgan fingerprint density at radius 2 is 1.94 bits per heavy atom. The van der Waals surface area contributed by atoms with Gasteiger partial charge in [-0.15, -0.1) is 0 Å². The van der Waals surface area contributed by atoms with Crippen LogP contribution in [0.15, 0.2) is 60.7 Å². The molecule has 1 aliphatic rings. The summed E-state index contributed by atoms with van der Waals surface area (Å²) in [6.07, 6.45) is 2.75. The Balaban J connectivity index is 1.44. The maximum absolute atomic E-state index is 14.5. The number of esters is 1. The van der Waals surface area contributed by atoms with Crippen molar-refractivity contribution in [2.75, 3.05) is 23.4 Å².